The van der Waals surface area contributed by atoms with Crippen molar-refractivity contribution in [1.82, 2.24) is 4.90 Å². The van der Waals surface area contributed by atoms with Crippen LogP contribution in [0, 0.1) is 0 Å². The Bertz CT molecular complexity index is 833. The predicted octanol–water partition coefficient (Wildman–Crippen LogP) is 3.20. The van der Waals surface area contributed by atoms with Crippen molar-refractivity contribution in [3.63, 3.8) is 0 Å². The maximum Gasteiger partial charge on any atom is 0.255 e. The molecule has 7 heteroatoms. The van der Waals surface area contributed by atoms with Crippen molar-refractivity contribution in [1.29, 1.82) is 0 Å². The molecule has 2 aromatic rings. The summed E-state index contributed by atoms with van der Waals surface area (Å²) in [6.07, 6.45) is 2.09. The number of anilines is 1. The number of carbonyl (C=O) groups excluding carboxylic acids is 2. The van der Waals surface area contributed by atoms with E-state index in [-0.39, 0.29) is 11.8 Å². The summed E-state index contributed by atoms with van der Waals surface area (Å²) in [7, 11) is 4.54. The molecule has 0 atom stereocenters. The fraction of sp³-hybridized carbons (Fsp3) is 0.333. The molecule has 0 spiro atoms. The Morgan fingerprint density at radius 2 is 1.39 bits per heavy atom. The lowest BCUT2D eigenvalue weighted by atomic mass is 10.1. The molecule has 0 aliphatic carbocycles. The van der Waals surface area contributed by atoms with Gasteiger partial charge in [0, 0.05) is 42.0 Å². The number of rotatable bonds is 6. The average Bonchev–Trinajstić information content (AvgIpc) is 3.27. The highest BCUT2D eigenvalue weighted by Gasteiger charge is 2.20. The van der Waals surface area contributed by atoms with Gasteiger partial charge in [0.15, 0.2) is 11.5 Å². The molecule has 0 saturated carbocycles. The standard InChI is InChI=1S/C21H24N2O5/c1-26-17-12-16(13-18(27-2)19(17)28-3)22-20(24)14-6-8-15(9-7-14)21(25)23-10-4-5-11-23/h6-9,12-13H,4-5,10-11H2,1-3H3,(H,22,24). The van der Waals surface area contributed by atoms with Crippen LogP contribution < -0.4 is 19.5 Å². The minimum absolute atomic E-state index is 0.00841. The Balaban J connectivity index is 1.75. The third-order valence-corrected chi connectivity index (χ3v) is 4.71. The number of hydrogen-bond donors (Lipinski definition) is 1. The predicted molar refractivity (Wildman–Crippen MR) is 106 cm³/mol. The van der Waals surface area contributed by atoms with Gasteiger partial charge in [0.1, 0.15) is 0 Å². The number of amides is 2. The van der Waals surface area contributed by atoms with Gasteiger partial charge in [-0.3, -0.25) is 9.59 Å². The van der Waals surface area contributed by atoms with Gasteiger partial charge < -0.3 is 24.4 Å². The Kier molecular flexibility index (Phi) is 6.03. The van der Waals surface area contributed by atoms with Gasteiger partial charge in [-0.1, -0.05) is 0 Å². The molecule has 0 aromatic heterocycles. The minimum Gasteiger partial charge on any atom is -0.493 e. The van der Waals surface area contributed by atoms with Gasteiger partial charge in [0.05, 0.1) is 21.3 Å². The van der Waals surface area contributed by atoms with Crippen molar-refractivity contribution in [2.45, 2.75) is 12.8 Å². The van der Waals surface area contributed by atoms with Crippen molar-refractivity contribution in [3.8, 4) is 17.2 Å². The first-order valence-corrected chi connectivity index (χ1v) is 9.08. The number of likely N-dealkylation sites (tertiary alicyclic amines) is 1. The Morgan fingerprint density at radius 1 is 0.857 bits per heavy atom. The van der Waals surface area contributed by atoms with Crippen LogP contribution in [0.5, 0.6) is 17.2 Å². The van der Waals surface area contributed by atoms with Gasteiger partial charge in [-0.15, -0.1) is 0 Å². The highest BCUT2D eigenvalue weighted by Crippen LogP contribution is 2.40. The SMILES string of the molecule is COc1cc(NC(=O)c2ccc(C(=O)N3CCCC3)cc2)cc(OC)c1OC. The van der Waals surface area contributed by atoms with Gasteiger partial charge in [-0.05, 0) is 37.1 Å². The van der Waals surface area contributed by atoms with Crippen LogP contribution >= 0.6 is 0 Å². The van der Waals surface area contributed by atoms with E-state index in [1.54, 1.807) is 36.4 Å². The summed E-state index contributed by atoms with van der Waals surface area (Å²) in [5.74, 6) is 1.06. The average molecular weight is 384 g/mol. The second-order valence-corrected chi connectivity index (χ2v) is 6.44. The van der Waals surface area contributed by atoms with Crippen molar-refractivity contribution < 1.29 is 23.8 Å². The second-order valence-electron chi connectivity index (χ2n) is 6.44. The number of carbonyl (C=O) groups is 2. The molecular weight excluding hydrogens is 360 g/mol. The van der Waals surface area contributed by atoms with Gasteiger partial charge >= 0.3 is 0 Å². The van der Waals surface area contributed by atoms with Gasteiger partial charge in [0.2, 0.25) is 5.75 Å². The summed E-state index contributed by atoms with van der Waals surface area (Å²) < 4.78 is 15.9. The first-order chi connectivity index (χ1) is 13.6. The normalized spacial score (nSPS) is 13.2. The molecule has 2 aromatic carbocycles. The van der Waals surface area contributed by atoms with Gasteiger partial charge in [-0.2, -0.15) is 0 Å². The summed E-state index contributed by atoms with van der Waals surface area (Å²) in [5, 5.41) is 2.81. The highest BCUT2D eigenvalue weighted by atomic mass is 16.5. The van der Waals surface area contributed by atoms with Crippen LogP contribution in [-0.2, 0) is 0 Å². The largest absolute Gasteiger partial charge is 0.493 e. The molecule has 1 aliphatic heterocycles. The van der Waals surface area contributed by atoms with E-state index in [0.29, 0.717) is 34.1 Å². The molecule has 1 heterocycles. The Labute approximate surface area is 164 Å². The summed E-state index contributed by atoms with van der Waals surface area (Å²) in [4.78, 5) is 26.8. The molecule has 0 radical (unpaired) electrons. The third kappa shape index (κ3) is 4.03. The van der Waals surface area contributed by atoms with Crippen molar-refractivity contribution in [2.24, 2.45) is 0 Å². The molecule has 28 heavy (non-hydrogen) atoms. The van der Waals surface area contributed by atoms with E-state index in [1.807, 2.05) is 4.90 Å². The fourth-order valence-corrected chi connectivity index (χ4v) is 3.22. The summed E-state index contributed by atoms with van der Waals surface area (Å²) >= 11 is 0. The van der Waals surface area contributed by atoms with Crippen LogP contribution in [0.15, 0.2) is 36.4 Å². The number of nitrogens with zero attached hydrogens (tertiary/aromatic N) is 1. The smallest absolute Gasteiger partial charge is 0.255 e. The third-order valence-electron chi connectivity index (χ3n) is 4.71. The lowest BCUT2D eigenvalue weighted by Crippen LogP contribution is -2.27. The zero-order valence-corrected chi connectivity index (χ0v) is 16.3. The van der Waals surface area contributed by atoms with Gasteiger partial charge in [-0.25, -0.2) is 0 Å². The molecule has 148 valence electrons. The van der Waals surface area contributed by atoms with E-state index in [9.17, 15) is 9.59 Å². The minimum atomic E-state index is -0.297. The Morgan fingerprint density at radius 3 is 1.89 bits per heavy atom. The highest BCUT2D eigenvalue weighted by molar-refractivity contribution is 6.05. The lowest BCUT2D eigenvalue weighted by Gasteiger charge is -2.16. The molecule has 1 fully saturated rings. The maximum absolute atomic E-state index is 12.6. The molecule has 2 amide bonds. The molecule has 0 unspecified atom stereocenters. The summed E-state index contributed by atoms with van der Waals surface area (Å²) in [5.41, 5.74) is 1.55. The monoisotopic (exact) mass is 384 g/mol. The van der Waals surface area contributed by atoms with Crippen molar-refractivity contribution >= 4 is 17.5 Å². The quantitative estimate of drug-likeness (QED) is 0.828. The van der Waals surface area contributed by atoms with Crippen LogP contribution in [0.25, 0.3) is 0 Å². The zero-order valence-electron chi connectivity index (χ0n) is 16.3. The van der Waals surface area contributed by atoms with Crippen molar-refractivity contribution in [2.75, 3.05) is 39.7 Å². The number of methoxy groups -OCH3 is 3. The molecule has 0 bridgehead atoms. The Hall–Kier alpha value is -3.22. The van der Waals surface area contributed by atoms with Crippen LogP contribution in [0.1, 0.15) is 33.6 Å². The van der Waals surface area contributed by atoms with Gasteiger partial charge in [0.25, 0.3) is 11.8 Å². The van der Waals surface area contributed by atoms with Crippen LogP contribution in [0.2, 0.25) is 0 Å². The lowest BCUT2D eigenvalue weighted by molar-refractivity contribution is 0.0792. The van der Waals surface area contributed by atoms with Crippen LogP contribution in [-0.4, -0.2) is 51.1 Å². The number of ether oxygens (including phenoxy) is 3. The molecule has 3 rings (SSSR count). The first-order valence-electron chi connectivity index (χ1n) is 9.08. The van der Waals surface area contributed by atoms with E-state index < -0.39 is 0 Å². The number of nitrogens with one attached hydrogen (secondary N) is 1. The molecule has 1 aliphatic rings. The van der Waals surface area contributed by atoms with E-state index in [2.05, 4.69) is 5.32 Å². The topological polar surface area (TPSA) is 77.1 Å². The molecule has 1 saturated heterocycles. The van der Waals surface area contributed by atoms with Crippen LogP contribution in [0.3, 0.4) is 0 Å². The molecule has 1 N–H and O–H groups in total. The zero-order chi connectivity index (χ0) is 20.1. The van der Waals surface area contributed by atoms with E-state index in [0.717, 1.165) is 25.9 Å². The molecule has 7 nitrogen and oxygen atoms in total. The summed E-state index contributed by atoms with van der Waals surface area (Å²) in [6, 6.07) is 9.98. The fourth-order valence-electron chi connectivity index (χ4n) is 3.22. The molecular formula is C21H24N2O5. The first kappa shape index (κ1) is 19.5. The maximum atomic E-state index is 12.6. The number of hydrogen-bond acceptors (Lipinski definition) is 5. The van der Waals surface area contributed by atoms with E-state index in [4.69, 9.17) is 14.2 Å². The number of benzene rings is 2. The summed E-state index contributed by atoms with van der Waals surface area (Å²) in [6.45, 7) is 1.59. The van der Waals surface area contributed by atoms with E-state index in [1.165, 1.54) is 21.3 Å². The van der Waals surface area contributed by atoms with Crippen molar-refractivity contribution in [3.05, 3.63) is 47.5 Å². The van der Waals surface area contributed by atoms with Crippen LogP contribution in [0.4, 0.5) is 5.69 Å². The van der Waals surface area contributed by atoms with E-state index >= 15 is 0 Å². The second kappa shape index (κ2) is 8.65.